The SMILES string of the molecule is CCOC(=O)C1=C(CCl)OC(N)=C(C#N)[C@H]1c1ccc(OC)c(OC)c1. The molecule has 1 aliphatic heterocycles. The highest BCUT2D eigenvalue weighted by Crippen LogP contribution is 2.42. The minimum atomic E-state index is -0.790. The summed E-state index contributed by atoms with van der Waals surface area (Å²) in [4.78, 5) is 12.5. The van der Waals surface area contributed by atoms with Crippen LogP contribution in [0.4, 0.5) is 0 Å². The van der Waals surface area contributed by atoms with Crippen molar-refractivity contribution in [1.29, 1.82) is 5.26 Å². The van der Waals surface area contributed by atoms with Gasteiger partial charge in [-0.3, -0.25) is 0 Å². The fourth-order valence-electron chi connectivity index (χ4n) is 2.72. The molecule has 2 N–H and O–H groups in total. The van der Waals surface area contributed by atoms with Crippen molar-refractivity contribution in [2.75, 3.05) is 26.7 Å². The molecule has 8 heteroatoms. The van der Waals surface area contributed by atoms with Crippen LogP contribution in [0.2, 0.25) is 0 Å². The second-order valence-corrected chi connectivity index (χ2v) is 5.50. The van der Waals surface area contributed by atoms with Crippen LogP contribution >= 0.6 is 11.6 Å². The number of esters is 1. The van der Waals surface area contributed by atoms with Crippen molar-refractivity contribution in [3.63, 3.8) is 0 Å². The summed E-state index contributed by atoms with van der Waals surface area (Å²) in [5.74, 6) is -0.500. The van der Waals surface area contributed by atoms with E-state index >= 15 is 0 Å². The molecule has 1 aromatic carbocycles. The molecule has 7 nitrogen and oxygen atoms in total. The number of rotatable bonds is 6. The van der Waals surface area contributed by atoms with Crippen LogP contribution in [0, 0.1) is 11.3 Å². The van der Waals surface area contributed by atoms with E-state index in [1.807, 2.05) is 6.07 Å². The maximum Gasteiger partial charge on any atom is 0.338 e. The summed E-state index contributed by atoms with van der Waals surface area (Å²) in [6.45, 7) is 1.85. The number of hydrogen-bond acceptors (Lipinski definition) is 7. The first kappa shape index (κ1) is 19.5. The summed E-state index contributed by atoms with van der Waals surface area (Å²) < 4.78 is 21.1. The van der Waals surface area contributed by atoms with Gasteiger partial charge in [-0.25, -0.2) is 4.79 Å². The number of carbonyl (C=O) groups excluding carboxylic acids is 1. The van der Waals surface area contributed by atoms with Crippen LogP contribution in [0.25, 0.3) is 0 Å². The first-order valence-electron chi connectivity index (χ1n) is 7.77. The van der Waals surface area contributed by atoms with Crippen molar-refractivity contribution in [2.45, 2.75) is 12.8 Å². The van der Waals surface area contributed by atoms with Crippen LogP contribution in [0.5, 0.6) is 11.5 Å². The standard InChI is InChI=1S/C18H19ClN2O5/c1-4-25-18(22)16-14(8-19)26-17(21)11(9-20)15(16)10-5-6-12(23-2)13(7-10)24-3/h5-7,15H,4,8,21H2,1-3H3/t15-/m1/s1. The highest BCUT2D eigenvalue weighted by molar-refractivity contribution is 6.19. The van der Waals surface area contributed by atoms with Crippen molar-refractivity contribution < 1.29 is 23.7 Å². The highest BCUT2D eigenvalue weighted by Gasteiger charge is 2.37. The van der Waals surface area contributed by atoms with Crippen molar-refractivity contribution in [1.82, 2.24) is 0 Å². The molecule has 0 amide bonds. The number of nitriles is 1. The summed E-state index contributed by atoms with van der Waals surface area (Å²) in [6, 6.07) is 7.08. The molecule has 1 aliphatic rings. The van der Waals surface area contributed by atoms with Crippen molar-refractivity contribution in [3.05, 3.63) is 46.6 Å². The van der Waals surface area contributed by atoms with E-state index in [0.717, 1.165) is 0 Å². The molecule has 0 aliphatic carbocycles. The lowest BCUT2D eigenvalue weighted by Crippen LogP contribution is -2.26. The van der Waals surface area contributed by atoms with Gasteiger partial charge in [0, 0.05) is 0 Å². The quantitative estimate of drug-likeness (QED) is 0.599. The van der Waals surface area contributed by atoms with Crippen LogP contribution < -0.4 is 15.2 Å². The van der Waals surface area contributed by atoms with E-state index in [1.54, 1.807) is 25.1 Å². The Labute approximate surface area is 156 Å². The molecule has 0 saturated heterocycles. The Morgan fingerprint density at radius 1 is 1.35 bits per heavy atom. The predicted molar refractivity (Wildman–Crippen MR) is 94.6 cm³/mol. The molecule has 0 spiro atoms. The zero-order chi connectivity index (χ0) is 19.3. The average molecular weight is 379 g/mol. The maximum atomic E-state index is 12.5. The van der Waals surface area contributed by atoms with Crippen LogP contribution in [0.15, 0.2) is 41.0 Å². The fraction of sp³-hybridized carbons (Fsp3) is 0.333. The lowest BCUT2D eigenvalue weighted by atomic mass is 9.83. The third-order valence-electron chi connectivity index (χ3n) is 3.85. The molecule has 0 aromatic heterocycles. The molecular weight excluding hydrogens is 360 g/mol. The molecule has 0 saturated carbocycles. The van der Waals surface area contributed by atoms with Crippen molar-refractivity contribution in [2.24, 2.45) is 5.73 Å². The van der Waals surface area contributed by atoms with E-state index in [2.05, 4.69) is 0 Å². The zero-order valence-corrected chi connectivity index (χ0v) is 15.4. The normalized spacial score (nSPS) is 16.7. The Morgan fingerprint density at radius 2 is 2.04 bits per heavy atom. The molecule has 138 valence electrons. The topological polar surface area (TPSA) is 104 Å². The number of methoxy groups -OCH3 is 2. The summed E-state index contributed by atoms with van der Waals surface area (Å²) in [5.41, 5.74) is 6.70. The Kier molecular flexibility index (Phi) is 6.36. The molecule has 1 heterocycles. The van der Waals surface area contributed by atoms with Gasteiger partial charge in [-0.15, -0.1) is 11.6 Å². The first-order valence-corrected chi connectivity index (χ1v) is 8.31. The lowest BCUT2D eigenvalue weighted by molar-refractivity contribution is -0.139. The van der Waals surface area contributed by atoms with Gasteiger partial charge in [0.05, 0.1) is 38.2 Å². The first-order chi connectivity index (χ1) is 12.5. The number of halogens is 1. The summed E-state index contributed by atoms with van der Waals surface area (Å²) in [7, 11) is 3.01. The maximum absolute atomic E-state index is 12.5. The second kappa shape index (κ2) is 8.50. The van der Waals surface area contributed by atoms with Gasteiger partial charge in [-0.1, -0.05) is 6.07 Å². The van der Waals surface area contributed by atoms with Gasteiger partial charge in [0.1, 0.15) is 17.4 Å². The number of nitrogens with two attached hydrogens (primary N) is 1. The van der Waals surface area contributed by atoms with Crippen LogP contribution in [-0.4, -0.2) is 32.7 Å². The Bertz CT molecular complexity index is 810. The molecule has 0 fully saturated rings. The molecule has 0 radical (unpaired) electrons. The molecule has 1 atom stereocenters. The molecule has 1 aromatic rings. The lowest BCUT2D eigenvalue weighted by Gasteiger charge is -2.27. The van der Waals surface area contributed by atoms with Crippen molar-refractivity contribution >= 4 is 17.6 Å². The summed E-state index contributed by atoms with van der Waals surface area (Å²) in [6.07, 6.45) is 0. The molecule has 2 rings (SSSR count). The van der Waals surface area contributed by atoms with Crippen LogP contribution in [-0.2, 0) is 14.3 Å². The number of benzene rings is 1. The Balaban J connectivity index is 2.68. The number of ether oxygens (including phenoxy) is 4. The fourth-order valence-corrected chi connectivity index (χ4v) is 2.91. The third kappa shape index (κ3) is 3.55. The van der Waals surface area contributed by atoms with Gasteiger partial charge in [0.25, 0.3) is 0 Å². The number of alkyl halides is 1. The molecule has 0 unspecified atom stereocenters. The number of carbonyl (C=O) groups is 1. The minimum Gasteiger partial charge on any atom is -0.493 e. The van der Waals surface area contributed by atoms with E-state index in [0.29, 0.717) is 17.1 Å². The van der Waals surface area contributed by atoms with E-state index in [-0.39, 0.29) is 35.3 Å². The van der Waals surface area contributed by atoms with E-state index in [4.69, 9.17) is 36.3 Å². The largest absolute Gasteiger partial charge is 0.493 e. The smallest absolute Gasteiger partial charge is 0.338 e. The number of hydrogen-bond donors (Lipinski definition) is 1. The Hall–Kier alpha value is -2.85. The van der Waals surface area contributed by atoms with Gasteiger partial charge in [-0.2, -0.15) is 5.26 Å². The van der Waals surface area contributed by atoms with Gasteiger partial charge in [0.15, 0.2) is 11.5 Å². The van der Waals surface area contributed by atoms with Gasteiger partial charge < -0.3 is 24.7 Å². The monoisotopic (exact) mass is 378 g/mol. The van der Waals surface area contributed by atoms with Crippen LogP contribution in [0.1, 0.15) is 18.4 Å². The van der Waals surface area contributed by atoms with Gasteiger partial charge >= 0.3 is 5.97 Å². The van der Waals surface area contributed by atoms with E-state index < -0.39 is 11.9 Å². The molecule has 26 heavy (non-hydrogen) atoms. The van der Waals surface area contributed by atoms with Gasteiger partial charge in [0.2, 0.25) is 5.88 Å². The van der Waals surface area contributed by atoms with E-state index in [9.17, 15) is 10.1 Å². The minimum absolute atomic E-state index is 0.0918. The molecular formula is C18H19ClN2O5. The summed E-state index contributed by atoms with van der Waals surface area (Å²) >= 11 is 5.94. The van der Waals surface area contributed by atoms with Crippen molar-refractivity contribution in [3.8, 4) is 17.6 Å². The zero-order valence-electron chi connectivity index (χ0n) is 14.7. The van der Waals surface area contributed by atoms with Crippen LogP contribution in [0.3, 0.4) is 0 Å². The summed E-state index contributed by atoms with van der Waals surface area (Å²) in [5, 5.41) is 9.58. The predicted octanol–water partition coefficient (Wildman–Crippen LogP) is 2.57. The number of nitrogens with zero attached hydrogens (tertiary/aromatic N) is 1. The Morgan fingerprint density at radius 3 is 2.58 bits per heavy atom. The average Bonchev–Trinajstić information content (AvgIpc) is 2.66. The number of allylic oxidation sites excluding steroid dienone is 2. The highest BCUT2D eigenvalue weighted by atomic mass is 35.5. The third-order valence-corrected chi connectivity index (χ3v) is 4.10. The second-order valence-electron chi connectivity index (χ2n) is 5.23. The molecule has 0 bridgehead atoms. The van der Waals surface area contributed by atoms with Gasteiger partial charge in [-0.05, 0) is 24.6 Å². The van der Waals surface area contributed by atoms with E-state index in [1.165, 1.54) is 14.2 Å².